The van der Waals surface area contributed by atoms with Crippen LogP contribution in [0.5, 0.6) is 17.2 Å². The number of nitrogens with zero attached hydrogens (tertiary/aromatic N) is 1. The average molecular weight is 265 g/mol. The van der Waals surface area contributed by atoms with Crippen molar-refractivity contribution in [2.75, 3.05) is 0 Å². The fourth-order valence-corrected chi connectivity index (χ4v) is 2.04. The van der Waals surface area contributed by atoms with Gasteiger partial charge in [0.1, 0.15) is 17.4 Å². The van der Waals surface area contributed by atoms with Crippen molar-refractivity contribution in [3.8, 4) is 23.3 Å². The van der Waals surface area contributed by atoms with Gasteiger partial charge in [-0.25, -0.2) is 0 Å². The number of nitriles is 1. The largest absolute Gasteiger partial charge is 0.504 e. The van der Waals surface area contributed by atoms with Crippen LogP contribution in [0.2, 0.25) is 0 Å². The van der Waals surface area contributed by atoms with Crippen molar-refractivity contribution in [1.82, 2.24) is 0 Å². The molecule has 0 radical (unpaired) electrons. The Hall–Kier alpha value is -2.93. The van der Waals surface area contributed by atoms with Crippen LogP contribution in [-0.2, 0) is 0 Å². The summed E-state index contributed by atoms with van der Waals surface area (Å²) >= 11 is 0. The topological polar surface area (TPSA) is 66.4 Å². The van der Waals surface area contributed by atoms with Crippen LogP contribution in [-0.4, -0.2) is 5.11 Å². The van der Waals surface area contributed by atoms with Gasteiger partial charge >= 0.3 is 0 Å². The smallest absolute Gasteiger partial charge is 0.204 e. The highest BCUT2D eigenvalue weighted by molar-refractivity contribution is 5.86. The summed E-state index contributed by atoms with van der Waals surface area (Å²) in [6.45, 7) is 1.91. The minimum Gasteiger partial charge on any atom is -0.504 e. The second-order valence-electron chi connectivity index (χ2n) is 4.47. The number of aromatic hydroxyl groups is 1. The van der Waals surface area contributed by atoms with Gasteiger partial charge in [-0.15, -0.1) is 0 Å². The van der Waals surface area contributed by atoms with E-state index >= 15 is 0 Å². The van der Waals surface area contributed by atoms with Gasteiger partial charge in [0, 0.05) is 6.07 Å². The van der Waals surface area contributed by atoms with Gasteiger partial charge in [0.05, 0.1) is 5.39 Å². The number of hydrogen-bond donors (Lipinski definition) is 1. The Morgan fingerprint density at radius 1 is 1.15 bits per heavy atom. The zero-order chi connectivity index (χ0) is 14.1. The molecule has 0 aliphatic carbocycles. The minimum atomic E-state index is 0.0613. The Balaban J connectivity index is 2.14. The third-order valence-electron chi connectivity index (χ3n) is 2.94. The van der Waals surface area contributed by atoms with Crippen molar-refractivity contribution >= 4 is 11.0 Å². The molecule has 0 fully saturated rings. The van der Waals surface area contributed by atoms with Crippen LogP contribution in [0.15, 0.2) is 46.9 Å². The first-order chi connectivity index (χ1) is 9.67. The number of furan rings is 1. The van der Waals surface area contributed by atoms with E-state index in [0.717, 1.165) is 5.56 Å². The van der Waals surface area contributed by atoms with E-state index in [0.29, 0.717) is 22.5 Å². The molecular formula is C16H11NO3. The van der Waals surface area contributed by atoms with E-state index in [1.165, 1.54) is 0 Å². The highest BCUT2D eigenvalue weighted by Crippen LogP contribution is 2.36. The molecule has 3 aromatic rings. The number of benzene rings is 2. The lowest BCUT2D eigenvalue weighted by Gasteiger charge is -2.08. The quantitative estimate of drug-likeness (QED) is 0.757. The molecule has 0 bridgehead atoms. The number of hydrogen-bond acceptors (Lipinski definition) is 4. The molecule has 0 saturated carbocycles. The highest BCUT2D eigenvalue weighted by atomic mass is 16.5. The fourth-order valence-electron chi connectivity index (χ4n) is 2.04. The molecule has 1 N–H and O–H groups in total. The number of ether oxygens (including phenoxy) is 1. The van der Waals surface area contributed by atoms with E-state index in [1.807, 2.05) is 25.1 Å². The third kappa shape index (κ3) is 2.06. The third-order valence-corrected chi connectivity index (χ3v) is 2.94. The van der Waals surface area contributed by atoms with Crippen molar-refractivity contribution in [2.45, 2.75) is 6.92 Å². The van der Waals surface area contributed by atoms with Crippen molar-refractivity contribution < 1.29 is 14.3 Å². The molecule has 0 aliphatic rings. The zero-order valence-corrected chi connectivity index (χ0v) is 10.8. The Morgan fingerprint density at radius 3 is 2.70 bits per heavy atom. The fraction of sp³-hybridized carbons (Fsp3) is 0.0625. The van der Waals surface area contributed by atoms with Crippen LogP contribution in [0, 0.1) is 18.3 Å². The normalized spacial score (nSPS) is 10.4. The monoisotopic (exact) mass is 265 g/mol. The Labute approximate surface area is 115 Å². The minimum absolute atomic E-state index is 0.0613. The number of para-hydroxylation sites is 2. The summed E-state index contributed by atoms with van der Waals surface area (Å²) in [5, 5.41) is 19.4. The van der Waals surface area contributed by atoms with Crippen LogP contribution in [0.1, 0.15) is 11.3 Å². The standard InChI is InChI=1S/C16H11NO3/c1-10-6-15-12(8-11(9-17)19-15)16(7-10)20-14-5-3-2-4-13(14)18/h2-8,18H,1H3. The van der Waals surface area contributed by atoms with E-state index in [-0.39, 0.29) is 11.5 Å². The van der Waals surface area contributed by atoms with Crippen LogP contribution in [0.4, 0.5) is 0 Å². The number of phenolic OH excluding ortho intramolecular Hbond substituents is 1. The lowest BCUT2D eigenvalue weighted by atomic mass is 10.1. The molecule has 0 aliphatic heterocycles. The molecular weight excluding hydrogens is 254 g/mol. The van der Waals surface area contributed by atoms with Crippen LogP contribution < -0.4 is 4.74 Å². The van der Waals surface area contributed by atoms with Crippen molar-refractivity contribution in [3.63, 3.8) is 0 Å². The molecule has 1 aromatic heterocycles. The van der Waals surface area contributed by atoms with Crippen molar-refractivity contribution in [2.24, 2.45) is 0 Å². The SMILES string of the molecule is Cc1cc(Oc2ccccc2O)c2cc(C#N)oc2c1. The first kappa shape index (κ1) is 12.1. The first-order valence-corrected chi connectivity index (χ1v) is 6.07. The van der Waals surface area contributed by atoms with E-state index in [1.54, 1.807) is 30.3 Å². The molecule has 98 valence electrons. The summed E-state index contributed by atoms with van der Waals surface area (Å²) in [4.78, 5) is 0. The van der Waals surface area contributed by atoms with Gasteiger partial charge in [0.2, 0.25) is 5.76 Å². The lowest BCUT2D eigenvalue weighted by molar-refractivity contribution is 0.413. The van der Waals surface area contributed by atoms with Crippen LogP contribution in [0.3, 0.4) is 0 Å². The van der Waals surface area contributed by atoms with Gasteiger partial charge in [-0.1, -0.05) is 12.1 Å². The predicted molar refractivity (Wildman–Crippen MR) is 73.8 cm³/mol. The molecule has 20 heavy (non-hydrogen) atoms. The molecule has 0 amide bonds. The van der Waals surface area contributed by atoms with E-state index in [9.17, 15) is 5.11 Å². The van der Waals surface area contributed by atoms with Gasteiger partial charge in [-0.2, -0.15) is 5.26 Å². The number of fused-ring (bicyclic) bond motifs is 1. The van der Waals surface area contributed by atoms with Crippen LogP contribution >= 0.6 is 0 Å². The van der Waals surface area contributed by atoms with E-state index in [4.69, 9.17) is 14.4 Å². The maximum Gasteiger partial charge on any atom is 0.204 e. The highest BCUT2D eigenvalue weighted by Gasteiger charge is 2.12. The summed E-state index contributed by atoms with van der Waals surface area (Å²) in [5.41, 5.74) is 1.54. The molecule has 4 heteroatoms. The van der Waals surface area contributed by atoms with E-state index < -0.39 is 0 Å². The molecule has 4 nitrogen and oxygen atoms in total. The van der Waals surface area contributed by atoms with Gasteiger partial charge in [-0.05, 0) is 36.8 Å². The lowest BCUT2D eigenvalue weighted by Crippen LogP contribution is -1.86. The Bertz CT molecular complexity index is 827. The summed E-state index contributed by atoms with van der Waals surface area (Å²) in [7, 11) is 0. The molecule has 1 heterocycles. The Morgan fingerprint density at radius 2 is 1.95 bits per heavy atom. The zero-order valence-electron chi connectivity index (χ0n) is 10.8. The van der Waals surface area contributed by atoms with Gasteiger partial charge < -0.3 is 14.3 Å². The Kier molecular flexibility index (Phi) is 2.81. The van der Waals surface area contributed by atoms with Gasteiger partial charge in [0.25, 0.3) is 0 Å². The summed E-state index contributed by atoms with van der Waals surface area (Å²) < 4.78 is 11.1. The second kappa shape index (κ2) is 4.63. The number of aryl methyl sites for hydroxylation is 1. The maximum atomic E-state index is 9.76. The van der Waals surface area contributed by atoms with E-state index in [2.05, 4.69) is 0 Å². The molecule has 0 atom stereocenters. The predicted octanol–water partition coefficient (Wildman–Crippen LogP) is 4.11. The van der Waals surface area contributed by atoms with Gasteiger partial charge in [-0.3, -0.25) is 0 Å². The van der Waals surface area contributed by atoms with Gasteiger partial charge in [0.15, 0.2) is 11.5 Å². The van der Waals surface area contributed by atoms with Crippen LogP contribution in [0.25, 0.3) is 11.0 Å². The van der Waals surface area contributed by atoms with Crippen molar-refractivity contribution in [3.05, 3.63) is 53.8 Å². The second-order valence-corrected chi connectivity index (χ2v) is 4.47. The molecule has 2 aromatic carbocycles. The average Bonchev–Trinajstić information content (AvgIpc) is 2.84. The number of rotatable bonds is 2. The molecule has 3 rings (SSSR count). The molecule has 0 spiro atoms. The number of phenols is 1. The molecule has 0 saturated heterocycles. The summed E-state index contributed by atoms with van der Waals surface area (Å²) in [5.74, 6) is 1.20. The van der Waals surface area contributed by atoms with Crippen molar-refractivity contribution in [1.29, 1.82) is 5.26 Å². The molecule has 0 unspecified atom stereocenters. The summed E-state index contributed by atoms with van der Waals surface area (Å²) in [6, 6.07) is 14.0. The summed E-state index contributed by atoms with van der Waals surface area (Å²) in [6.07, 6.45) is 0. The first-order valence-electron chi connectivity index (χ1n) is 6.07. The maximum absolute atomic E-state index is 9.76.